The molecule has 1 N–H and O–H groups in total. The summed E-state index contributed by atoms with van der Waals surface area (Å²) < 4.78 is 0. The van der Waals surface area contributed by atoms with E-state index in [0.717, 1.165) is 10.5 Å². The third-order valence-electron chi connectivity index (χ3n) is 2.90. The van der Waals surface area contributed by atoms with E-state index in [2.05, 4.69) is 0 Å². The summed E-state index contributed by atoms with van der Waals surface area (Å²) in [5.74, 6) is -0.448. The van der Waals surface area contributed by atoms with Gasteiger partial charge in [0.1, 0.15) is 0 Å². The van der Waals surface area contributed by atoms with Crippen LogP contribution in [0.5, 0.6) is 0 Å². The number of benzene rings is 1. The molecular formula is C14H17ClO3S. The first-order valence-corrected chi connectivity index (χ1v) is 7.19. The molecule has 0 atom stereocenters. The number of hydrogen-bond donors (Lipinski definition) is 1. The molecule has 1 aromatic carbocycles. The Hall–Kier alpha value is -1.00. The lowest BCUT2D eigenvalue weighted by molar-refractivity contribution is -0.145. The molecule has 0 saturated heterocycles. The highest BCUT2D eigenvalue weighted by Gasteiger charge is 2.27. The maximum atomic E-state index is 11.4. The summed E-state index contributed by atoms with van der Waals surface area (Å²) in [5, 5.41) is 9.60. The number of Topliss-reactive ketones (excluding diaryl/α,β-unsaturated/α-hetero) is 1. The molecule has 5 heteroatoms. The fourth-order valence-corrected chi connectivity index (χ4v) is 2.89. The van der Waals surface area contributed by atoms with E-state index in [1.54, 1.807) is 32.9 Å². The van der Waals surface area contributed by atoms with Crippen LogP contribution < -0.4 is 0 Å². The average Bonchev–Trinajstić information content (AvgIpc) is 2.30. The zero-order valence-corrected chi connectivity index (χ0v) is 13.0. The highest BCUT2D eigenvalue weighted by molar-refractivity contribution is 7.99. The van der Waals surface area contributed by atoms with E-state index in [1.807, 2.05) is 0 Å². The zero-order valence-electron chi connectivity index (χ0n) is 11.4. The highest BCUT2D eigenvalue weighted by atomic mass is 35.5. The van der Waals surface area contributed by atoms with E-state index in [1.165, 1.54) is 18.7 Å². The van der Waals surface area contributed by atoms with Crippen LogP contribution in [0.15, 0.2) is 17.0 Å². The highest BCUT2D eigenvalue weighted by Crippen LogP contribution is 2.35. The Morgan fingerprint density at radius 3 is 2.42 bits per heavy atom. The van der Waals surface area contributed by atoms with Crippen LogP contribution in [0.25, 0.3) is 0 Å². The maximum Gasteiger partial charge on any atom is 0.309 e. The minimum atomic E-state index is -0.840. The summed E-state index contributed by atoms with van der Waals surface area (Å²) in [5.41, 5.74) is 0.528. The molecule has 0 bridgehead atoms. The lowest BCUT2D eigenvalue weighted by Gasteiger charge is -2.19. The molecule has 0 amide bonds. The number of thioether (sulfide) groups is 1. The molecule has 0 fully saturated rings. The van der Waals surface area contributed by atoms with E-state index in [0.29, 0.717) is 16.3 Å². The van der Waals surface area contributed by atoms with Gasteiger partial charge in [0.15, 0.2) is 5.78 Å². The van der Waals surface area contributed by atoms with E-state index in [9.17, 15) is 9.59 Å². The Labute approximate surface area is 122 Å². The van der Waals surface area contributed by atoms with Gasteiger partial charge in [-0.3, -0.25) is 9.59 Å². The van der Waals surface area contributed by atoms with Crippen molar-refractivity contribution in [2.75, 3.05) is 5.75 Å². The van der Waals surface area contributed by atoms with Crippen molar-refractivity contribution in [3.63, 3.8) is 0 Å². The lowest BCUT2D eigenvalue weighted by atomic mass is 9.97. The Bertz CT molecular complexity index is 524. The molecule has 0 aromatic heterocycles. The molecule has 0 aliphatic heterocycles. The number of rotatable bonds is 5. The van der Waals surface area contributed by atoms with Crippen molar-refractivity contribution < 1.29 is 14.7 Å². The second kappa shape index (κ2) is 5.97. The molecule has 1 rings (SSSR count). The number of ketones is 1. The number of carboxylic acid groups (broad SMARTS) is 1. The third kappa shape index (κ3) is 3.74. The van der Waals surface area contributed by atoms with Gasteiger partial charge in [0.25, 0.3) is 0 Å². The number of hydrogen-bond acceptors (Lipinski definition) is 3. The topological polar surface area (TPSA) is 54.4 Å². The summed E-state index contributed by atoms with van der Waals surface area (Å²) in [6, 6.07) is 3.51. The monoisotopic (exact) mass is 300 g/mol. The second-order valence-corrected chi connectivity index (χ2v) is 6.48. The van der Waals surface area contributed by atoms with Crippen molar-refractivity contribution in [2.24, 2.45) is 5.41 Å². The molecular weight excluding hydrogens is 284 g/mol. The Morgan fingerprint density at radius 2 is 1.95 bits per heavy atom. The molecule has 0 unspecified atom stereocenters. The second-order valence-electron chi connectivity index (χ2n) is 5.08. The fraction of sp³-hybridized carbons (Fsp3) is 0.429. The van der Waals surface area contributed by atoms with Crippen LogP contribution in [0.4, 0.5) is 0 Å². The van der Waals surface area contributed by atoms with Gasteiger partial charge in [-0.05, 0) is 45.4 Å². The fourth-order valence-electron chi connectivity index (χ4n) is 1.47. The number of carbonyl (C=O) groups is 2. The molecule has 1 aromatic rings. The van der Waals surface area contributed by atoms with Crippen molar-refractivity contribution in [2.45, 2.75) is 32.6 Å². The molecule has 0 aliphatic rings. The molecule has 104 valence electrons. The number of halogens is 1. The van der Waals surface area contributed by atoms with Crippen molar-refractivity contribution >= 4 is 35.1 Å². The van der Waals surface area contributed by atoms with E-state index >= 15 is 0 Å². The predicted molar refractivity (Wildman–Crippen MR) is 78.3 cm³/mol. The van der Waals surface area contributed by atoms with Gasteiger partial charge in [-0.2, -0.15) is 0 Å². The van der Waals surface area contributed by atoms with Gasteiger partial charge in [0.2, 0.25) is 0 Å². The molecule has 0 saturated carbocycles. The lowest BCUT2D eigenvalue weighted by Crippen LogP contribution is -2.26. The van der Waals surface area contributed by atoms with Gasteiger partial charge in [0.05, 0.1) is 10.4 Å². The van der Waals surface area contributed by atoms with Crippen LogP contribution in [-0.2, 0) is 4.79 Å². The van der Waals surface area contributed by atoms with Crippen LogP contribution in [0, 0.1) is 12.3 Å². The van der Waals surface area contributed by atoms with E-state index < -0.39 is 11.4 Å². The Balaban J connectivity index is 2.96. The van der Waals surface area contributed by atoms with E-state index in [-0.39, 0.29) is 5.78 Å². The zero-order chi connectivity index (χ0) is 14.8. The summed E-state index contributed by atoms with van der Waals surface area (Å²) in [6.45, 7) is 6.64. The van der Waals surface area contributed by atoms with E-state index in [4.69, 9.17) is 16.7 Å². The first kappa shape index (κ1) is 16.1. The van der Waals surface area contributed by atoms with Crippen LogP contribution >= 0.6 is 23.4 Å². The van der Waals surface area contributed by atoms with Gasteiger partial charge in [-0.25, -0.2) is 0 Å². The van der Waals surface area contributed by atoms with Crippen LogP contribution in [0.3, 0.4) is 0 Å². The van der Waals surface area contributed by atoms with Crippen molar-refractivity contribution in [1.29, 1.82) is 0 Å². The molecule has 0 heterocycles. The molecule has 3 nitrogen and oxygen atoms in total. The van der Waals surface area contributed by atoms with Gasteiger partial charge in [0, 0.05) is 16.2 Å². The van der Waals surface area contributed by atoms with Crippen LogP contribution in [-0.4, -0.2) is 22.6 Å². The van der Waals surface area contributed by atoms with Gasteiger partial charge in [-0.15, -0.1) is 11.8 Å². The number of carboxylic acids is 1. The third-order valence-corrected chi connectivity index (χ3v) is 5.01. The molecule has 0 spiro atoms. The predicted octanol–water partition coefficient (Wildman–Crippen LogP) is 4.05. The maximum absolute atomic E-state index is 11.4. The minimum absolute atomic E-state index is 0.0261. The van der Waals surface area contributed by atoms with Crippen LogP contribution in [0.1, 0.15) is 36.7 Å². The van der Waals surface area contributed by atoms with Crippen molar-refractivity contribution in [3.8, 4) is 0 Å². The number of aliphatic carboxylic acids is 1. The van der Waals surface area contributed by atoms with Gasteiger partial charge in [-0.1, -0.05) is 11.6 Å². The van der Waals surface area contributed by atoms with Gasteiger partial charge < -0.3 is 5.11 Å². The normalized spacial score (nSPS) is 11.4. The average molecular weight is 301 g/mol. The minimum Gasteiger partial charge on any atom is -0.481 e. The van der Waals surface area contributed by atoms with Crippen LogP contribution in [0.2, 0.25) is 5.02 Å². The number of carbonyl (C=O) groups excluding carboxylic acids is 1. The quantitative estimate of drug-likeness (QED) is 0.658. The summed E-state index contributed by atoms with van der Waals surface area (Å²) in [4.78, 5) is 23.2. The Kier molecular flexibility index (Phi) is 5.04. The standard InChI is InChI=1S/C14H17ClO3S/c1-8-10(9(2)16)5-6-11(12(8)15)19-7-14(3,4)13(17)18/h5-6H,7H2,1-4H3,(H,17,18). The SMILES string of the molecule is CC(=O)c1ccc(SCC(C)(C)C(=O)O)c(Cl)c1C. The largest absolute Gasteiger partial charge is 0.481 e. The molecule has 19 heavy (non-hydrogen) atoms. The smallest absolute Gasteiger partial charge is 0.309 e. The summed E-state index contributed by atoms with van der Waals surface area (Å²) >= 11 is 7.62. The Morgan fingerprint density at radius 1 is 1.37 bits per heavy atom. The van der Waals surface area contributed by atoms with Gasteiger partial charge >= 0.3 is 5.97 Å². The molecule has 0 aliphatic carbocycles. The first-order chi connectivity index (χ1) is 8.66. The van der Waals surface area contributed by atoms with Crippen molar-refractivity contribution in [3.05, 3.63) is 28.3 Å². The first-order valence-electron chi connectivity index (χ1n) is 5.83. The molecule has 0 radical (unpaired) electrons. The summed E-state index contributed by atoms with van der Waals surface area (Å²) in [6.07, 6.45) is 0. The summed E-state index contributed by atoms with van der Waals surface area (Å²) in [7, 11) is 0. The van der Waals surface area contributed by atoms with Crippen molar-refractivity contribution in [1.82, 2.24) is 0 Å².